The summed E-state index contributed by atoms with van der Waals surface area (Å²) in [6, 6.07) is -0.860. The number of likely N-dealkylation sites (N-methyl/N-ethyl adjacent to an activating group) is 1. The number of allylic oxidation sites excluding steroid dienone is 9. The van der Waals surface area contributed by atoms with Crippen molar-refractivity contribution in [2.45, 2.75) is 232 Å². The highest BCUT2D eigenvalue weighted by Gasteiger charge is 2.30. The van der Waals surface area contributed by atoms with Gasteiger partial charge in [-0.15, -0.1) is 0 Å². The predicted molar refractivity (Wildman–Crippen MR) is 272 cm³/mol. The Balaban J connectivity index is 5.49. The van der Waals surface area contributed by atoms with Crippen molar-refractivity contribution in [2.24, 2.45) is 0 Å². The molecule has 0 spiro atoms. The first-order chi connectivity index (χ1) is 30.9. The van der Waals surface area contributed by atoms with Crippen LogP contribution in [0.5, 0.6) is 0 Å². The molecule has 0 aromatic heterocycles. The molecule has 0 heterocycles. The summed E-state index contributed by atoms with van der Waals surface area (Å²) >= 11 is 0. The van der Waals surface area contributed by atoms with Crippen LogP contribution >= 0.6 is 7.82 Å². The quantitative estimate of drug-likeness (QED) is 0.0206. The van der Waals surface area contributed by atoms with Crippen molar-refractivity contribution >= 4 is 19.7 Å². The highest BCUT2D eigenvalue weighted by Crippen LogP contribution is 2.43. The van der Waals surface area contributed by atoms with Crippen LogP contribution in [0.2, 0.25) is 0 Å². The lowest BCUT2D eigenvalue weighted by Gasteiger charge is -2.27. The second-order valence-electron chi connectivity index (χ2n) is 18.7. The molecule has 0 aromatic rings. The van der Waals surface area contributed by atoms with Gasteiger partial charge in [0.15, 0.2) is 0 Å². The third kappa shape index (κ3) is 44.9. The van der Waals surface area contributed by atoms with Gasteiger partial charge in [-0.25, -0.2) is 4.57 Å². The summed E-state index contributed by atoms with van der Waals surface area (Å²) in [5.74, 6) is -0.546. The Hall–Kier alpha value is -2.29. The fraction of sp³-hybridized carbons (Fsp3) is 0.778. The Morgan fingerprint density at radius 1 is 0.562 bits per heavy atom. The number of hydrogen-bond donors (Lipinski definition) is 2. The minimum absolute atomic E-state index is 0.0333. The maximum atomic E-state index is 13.4. The Labute approximate surface area is 394 Å². The summed E-state index contributed by atoms with van der Waals surface area (Å²) in [6.45, 7) is 6.82. The molecular formula is C54H100N2O7P+. The number of phosphoric ester groups is 1. The van der Waals surface area contributed by atoms with E-state index >= 15 is 0 Å². The first kappa shape index (κ1) is 61.7. The van der Waals surface area contributed by atoms with Crippen molar-refractivity contribution in [1.29, 1.82) is 0 Å². The molecule has 0 bridgehead atoms. The number of esters is 1. The first-order valence-corrected chi connectivity index (χ1v) is 27.6. The third-order valence-corrected chi connectivity index (χ3v) is 12.2. The minimum atomic E-state index is -4.44. The average Bonchev–Trinajstić information content (AvgIpc) is 3.25. The highest BCUT2D eigenvalue weighted by molar-refractivity contribution is 7.47. The molecule has 0 fully saturated rings. The topological polar surface area (TPSA) is 111 Å². The van der Waals surface area contributed by atoms with E-state index in [-0.39, 0.29) is 31.5 Å². The maximum Gasteiger partial charge on any atom is 0.472 e. The maximum absolute atomic E-state index is 13.4. The number of quaternary nitrogens is 1. The number of hydrogen-bond acceptors (Lipinski definition) is 6. The number of amides is 1. The zero-order chi connectivity index (χ0) is 47.3. The monoisotopic (exact) mass is 920 g/mol. The van der Waals surface area contributed by atoms with E-state index in [1.807, 2.05) is 33.3 Å². The average molecular weight is 920 g/mol. The van der Waals surface area contributed by atoms with Crippen LogP contribution in [0.3, 0.4) is 0 Å². The van der Waals surface area contributed by atoms with Gasteiger partial charge in [0, 0.05) is 12.8 Å². The standard InChI is InChI=1S/C54H99N2O7P/c1-7-10-13-16-19-22-25-27-29-32-35-38-41-44-47-54(58)63-52(45-42-39-36-33-31-28-26-23-20-17-14-11-8-2)51(50-62-64(59,60)61-49-48-56(4,5)6)55-53(57)46-43-40-37-34-30-24-21-18-15-12-9-3/h10,13,18-19,21-22,27,29,42,45,51-52H,7-9,11-12,14-17,20,23-26,28,30-41,43-44,46-50H2,1-6H3,(H-,55,57,59,60)/p+1/b13-10+,21-18-,22-19+,29-27+,45-42+. The van der Waals surface area contributed by atoms with Crippen LogP contribution in [-0.2, 0) is 27.9 Å². The molecule has 372 valence electrons. The van der Waals surface area contributed by atoms with Crippen LogP contribution in [0.15, 0.2) is 60.8 Å². The van der Waals surface area contributed by atoms with Gasteiger partial charge in [-0.05, 0) is 83.1 Å². The summed E-state index contributed by atoms with van der Waals surface area (Å²) in [6.07, 6.45) is 53.6. The number of unbranched alkanes of at least 4 members (excludes halogenated alkanes) is 22. The normalized spacial score (nSPS) is 14.4. The number of nitrogens with one attached hydrogen (secondary N) is 1. The molecular weight excluding hydrogens is 820 g/mol. The Kier molecular flexibility index (Phi) is 42.9. The molecule has 3 unspecified atom stereocenters. The van der Waals surface area contributed by atoms with Crippen molar-refractivity contribution in [2.75, 3.05) is 40.9 Å². The molecule has 2 N–H and O–H groups in total. The SMILES string of the molecule is CC/C=C/C/C=C/C/C=C/CCCCCCC(=O)OC(/C=C/CCCCCCCCCCCCC)C(COP(=O)(O)OCC[N+](C)(C)C)NC(=O)CCCCCCC/C=C\CCCC. The molecule has 0 radical (unpaired) electrons. The second-order valence-corrected chi connectivity index (χ2v) is 20.1. The van der Waals surface area contributed by atoms with Crippen molar-refractivity contribution in [3.8, 4) is 0 Å². The van der Waals surface area contributed by atoms with Gasteiger partial charge in [0.1, 0.15) is 19.3 Å². The summed E-state index contributed by atoms with van der Waals surface area (Å²) < 4.78 is 30.5. The Morgan fingerprint density at radius 2 is 1.02 bits per heavy atom. The lowest BCUT2D eigenvalue weighted by molar-refractivity contribution is -0.870. The molecule has 0 aliphatic rings. The molecule has 1 amide bonds. The van der Waals surface area contributed by atoms with Crippen LogP contribution in [0.4, 0.5) is 0 Å². The molecule has 0 aliphatic heterocycles. The van der Waals surface area contributed by atoms with Gasteiger partial charge in [-0.1, -0.05) is 185 Å². The molecule has 64 heavy (non-hydrogen) atoms. The van der Waals surface area contributed by atoms with Crippen molar-refractivity contribution in [3.05, 3.63) is 60.8 Å². The molecule has 0 aromatic carbocycles. The molecule has 0 saturated carbocycles. The zero-order valence-corrected chi connectivity index (χ0v) is 43.2. The van der Waals surface area contributed by atoms with Crippen LogP contribution in [0.1, 0.15) is 220 Å². The Morgan fingerprint density at radius 3 is 1.56 bits per heavy atom. The summed E-state index contributed by atoms with van der Waals surface area (Å²) in [7, 11) is 1.47. The smallest absolute Gasteiger partial charge is 0.456 e. The number of phosphoric acid groups is 1. The fourth-order valence-electron chi connectivity index (χ4n) is 7.11. The van der Waals surface area contributed by atoms with Crippen molar-refractivity contribution in [3.63, 3.8) is 0 Å². The zero-order valence-electron chi connectivity index (χ0n) is 42.3. The van der Waals surface area contributed by atoms with E-state index in [1.165, 1.54) is 70.6 Å². The van der Waals surface area contributed by atoms with E-state index in [2.05, 4.69) is 74.7 Å². The van der Waals surface area contributed by atoms with Crippen molar-refractivity contribution < 1.29 is 37.3 Å². The van der Waals surface area contributed by atoms with Crippen LogP contribution < -0.4 is 5.32 Å². The number of carbonyl (C=O) groups is 2. The van der Waals surface area contributed by atoms with E-state index in [0.29, 0.717) is 23.9 Å². The van der Waals surface area contributed by atoms with Crippen LogP contribution in [0.25, 0.3) is 0 Å². The van der Waals surface area contributed by atoms with E-state index < -0.39 is 20.0 Å². The van der Waals surface area contributed by atoms with E-state index in [0.717, 1.165) is 109 Å². The minimum Gasteiger partial charge on any atom is -0.456 e. The van der Waals surface area contributed by atoms with Gasteiger partial charge in [-0.3, -0.25) is 18.6 Å². The molecule has 0 saturated heterocycles. The molecule has 0 rings (SSSR count). The Bertz CT molecular complexity index is 1290. The van der Waals surface area contributed by atoms with Gasteiger partial charge in [0.25, 0.3) is 0 Å². The van der Waals surface area contributed by atoms with Gasteiger partial charge < -0.3 is 19.4 Å². The van der Waals surface area contributed by atoms with Gasteiger partial charge in [-0.2, -0.15) is 0 Å². The summed E-state index contributed by atoms with van der Waals surface area (Å²) in [4.78, 5) is 37.4. The van der Waals surface area contributed by atoms with Gasteiger partial charge >= 0.3 is 13.8 Å². The lowest BCUT2D eigenvalue weighted by Crippen LogP contribution is -2.47. The first-order valence-electron chi connectivity index (χ1n) is 26.1. The van der Waals surface area contributed by atoms with Crippen LogP contribution in [-0.4, -0.2) is 74.3 Å². The van der Waals surface area contributed by atoms with Gasteiger partial charge in [0.2, 0.25) is 5.91 Å². The number of nitrogens with zero attached hydrogens (tertiary/aromatic N) is 1. The molecule has 3 atom stereocenters. The van der Waals surface area contributed by atoms with Gasteiger partial charge in [0.05, 0.1) is 33.8 Å². The third-order valence-electron chi connectivity index (χ3n) is 11.2. The lowest BCUT2D eigenvalue weighted by atomic mass is 10.0. The van der Waals surface area contributed by atoms with Crippen molar-refractivity contribution in [1.82, 2.24) is 5.32 Å². The molecule has 10 heteroatoms. The predicted octanol–water partition coefficient (Wildman–Crippen LogP) is 15.2. The number of carbonyl (C=O) groups excluding carboxylic acids is 2. The summed E-state index contributed by atoms with van der Waals surface area (Å²) in [5.41, 5.74) is 0. The summed E-state index contributed by atoms with van der Waals surface area (Å²) in [5, 5.41) is 3.02. The van der Waals surface area contributed by atoms with E-state index in [9.17, 15) is 19.0 Å². The molecule has 0 aliphatic carbocycles. The van der Waals surface area contributed by atoms with E-state index in [4.69, 9.17) is 13.8 Å². The van der Waals surface area contributed by atoms with Crippen LogP contribution in [0, 0.1) is 0 Å². The number of ether oxygens (including phenoxy) is 1. The number of rotatable bonds is 46. The highest BCUT2D eigenvalue weighted by atomic mass is 31.2. The largest absolute Gasteiger partial charge is 0.472 e. The fourth-order valence-corrected chi connectivity index (χ4v) is 7.85. The second kappa shape index (κ2) is 44.5. The molecule has 9 nitrogen and oxygen atoms in total. The van der Waals surface area contributed by atoms with E-state index in [1.54, 1.807) is 0 Å².